The third-order valence-electron chi connectivity index (χ3n) is 6.08. The van der Waals surface area contributed by atoms with E-state index in [1.807, 2.05) is 42.6 Å². The molecular formula is C25H29ClN4O2S. The molecule has 2 aromatic heterocycles. The molecule has 8 heteroatoms. The second-order valence-electron chi connectivity index (χ2n) is 8.02. The number of pyridine rings is 1. The van der Waals surface area contributed by atoms with E-state index in [1.165, 1.54) is 17.0 Å². The number of nitrogens with one attached hydrogen (secondary N) is 1. The highest BCUT2D eigenvalue weighted by atomic mass is 35.5. The molecule has 1 N–H and O–H groups in total. The van der Waals surface area contributed by atoms with E-state index in [4.69, 9.17) is 33.3 Å². The molecule has 0 radical (unpaired) electrons. The first kappa shape index (κ1) is 23.5. The highest BCUT2D eigenvalue weighted by Gasteiger charge is 2.42. The van der Waals surface area contributed by atoms with Gasteiger partial charge in [-0.25, -0.2) is 0 Å². The largest absolute Gasteiger partial charge is 0.490 e. The number of nitrogens with zero attached hydrogens (tertiary/aromatic N) is 3. The normalized spacial score (nSPS) is 18.0. The predicted octanol–water partition coefficient (Wildman–Crippen LogP) is 5.38. The third-order valence-corrected chi connectivity index (χ3v) is 6.69. The molecule has 4 rings (SSSR count). The first-order valence-electron chi connectivity index (χ1n) is 11.0. The maximum atomic E-state index is 6.59. The number of aryl methyl sites for hydroxylation is 1. The summed E-state index contributed by atoms with van der Waals surface area (Å²) in [5.74, 6) is 0.623. The molecule has 174 valence electrons. The van der Waals surface area contributed by atoms with Crippen LogP contribution in [0.1, 0.15) is 41.7 Å². The van der Waals surface area contributed by atoms with Gasteiger partial charge >= 0.3 is 0 Å². The van der Waals surface area contributed by atoms with Crippen LogP contribution >= 0.6 is 23.8 Å². The van der Waals surface area contributed by atoms with Crippen LogP contribution in [0.3, 0.4) is 0 Å². The zero-order valence-corrected chi connectivity index (χ0v) is 20.9. The summed E-state index contributed by atoms with van der Waals surface area (Å²) in [6, 6.07) is 13.8. The van der Waals surface area contributed by atoms with Crippen molar-refractivity contribution in [1.29, 1.82) is 0 Å². The number of halogens is 1. The summed E-state index contributed by atoms with van der Waals surface area (Å²) in [6.07, 6.45) is 1.82. The van der Waals surface area contributed by atoms with Crippen LogP contribution in [-0.4, -0.2) is 35.0 Å². The zero-order valence-electron chi connectivity index (χ0n) is 19.3. The predicted molar refractivity (Wildman–Crippen MR) is 136 cm³/mol. The fourth-order valence-electron chi connectivity index (χ4n) is 4.55. The minimum Gasteiger partial charge on any atom is -0.490 e. The Kier molecular flexibility index (Phi) is 7.22. The topological polar surface area (TPSA) is 51.6 Å². The van der Waals surface area contributed by atoms with Gasteiger partial charge in [0.15, 0.2) is 5.11 Å². The zero-order chi connectivity index (χ0) is 23.5. The number of ether oxygens (including phenoxy) is 2. The first-order chi connectivity index (χ1) is 16.0. The van der Waals surface area contributed by atoms with Crippen LogP contribution in [0, 0.1) is 13.8 Å². The van der Waals surface area contributed by atoms with Crippen molar-refractivity contribution in [1.82, 2.24) is 14.9 Å². The lowest BCUT2D eigenvalue weighted by atomic mass is 9.96. The molecule has 0 spiro atoms. The highest BCUT2D eigenvalue weighted by molar-refractivity contribution is 7.80. The Morgan fingerprint density at radius 1 is 1.15 bits per heavy atom. The van der Waals surface area contributed by atoms with Gasteiger partial charge in [0.2, 0.25) is 0 Å². The Labute approximate surface area is 205 Å². The molecule has 1 aliphatic rings. The summed E-state index contributed by atoms with van der Waals surface area (Å²) in [6.45, 7) is 8.32. The molecular weight excluding hydrogens is 456 g/mol. The monoisotopic (exact) mass is 484 g/mol. The second kappa shape index (κ2) is 10.1. The number of thiocarbonyl (C=S) groups is 1. The lowest BCUT2D eigenvalue weighted by Crippen LogP contribution is -2.29. The second-order valence-corrected chi connectivity index (χ2v) is 8.82. The standard InChI is InChI=1S/C25H29ClN4O2S/c1-5-29-16(2)14-19(17(29)3)24-23(21-8-6-7-11-27-21)28-25(33)30(24)18-9-10-22(20(26)15-18)32-13-12-31-4/h6-11,14-15,23-24H,5,12-13H2,1-4H3,(H,28,33)/t23-,24+/m1/s1. The van der Waals surface area contributed by atoms with Crippen molar-refractivity contribution in [3.05, 3.63) is 76.3 Å². The van der Waals surface area contributed by atoms with E-state index in [0.717, 1.165) is 17.9 Å². The van der Waals surface area contributed by atoms with Crippen LogP contribution in [0.2, 0.25) is 5.02 Å². The van der Waals surface area contributed by atoms with Crippen LogP contribution in [0.4, 0.5) is 5.69 Å². The van der Waals surface area contributed by atoms with Crippen molar-refractivity contribution in [2.75, 3.05) is 25.2 Å². The van der Waals surface area contributed by atoms with Crippen LogP contribution < -0.4 is 15.0 Å². The van der Waals surface area contributed by atoms with Gasteiger partial charge in [-0.1, -0.05) is 17.7 Å². The van der Waals surface area contributed by atoms with Gasteiger partial charge in [-0.2, -0.15) is 0 Å². The molecule has 0 aliphatic carbocycles. The first-order valence-corrected chi connectivity index (χ1v) is 11.8. The molecule has 1 aromatic carbocycles. The number of hydrogen-bond acceptors (Lipinski definition) is 4. The van der Waals surface area contributed by atoms with Gasteiger partial charge in [-0.15, -0.1) is 0 Å². The van der Waals surface area contributed by atoms with Gasteiger partial charge in [-0.3, -0.25) is 4.98 Å². The van der Waals surface area contributed by atoms with Crippen molar-refractivity contribution in [2.45, 2.75) is 39.4 Å². The van der Waals surface area contributed by atoms with Crippen LogP contribution in [0.5, 0.6) is 5.75 Å². The van der Waals surface area contributed by atoms with E-state index >= 15 is 0 Å². The average molecular weight is 485 g/mol. The minimum atomic E-state index is -0.0964. The van der Waals surface area contributed by atoms with Crippen molar-refractivity contribution < 1.29 is 9.47 Å². The Morgan fingerprint density at radius 3 is 2.61 bits per heavy atom. The molecule has 0 bridgehead atoms. The van der Waals surface area contributed by atoms with Gasteiger partial charge in [-0.05, 0) is 75.0 Å². The number of anilines is 1. The van der Waals surface area contributed by atoms with E-state index in [9.17, 15) is 0 Å². The van der Waals surface area contributed by atoms with E-state index < -0.39 is 0 Å². The smallest absolute Gasteiger partial charge is 0.174 e. The summed E-state index contributed by atoms with van der Waals surface area (Å²) >= 11 is 12.4. The molecule has 0 amide bonds. The number of methoxy groups -OCH3 is 1. The molecule has 1 fully saturated rings. The summed E-state index contributed by atoms with van der Waals surface area (Å²) < 4.78 is 13.1. The van der Waals surface area contributed by atoms with Gasteiger partial charge in [0.05, 0.1) is 29.4 Å². The van der Waals surface area contributed by atoms with Gasteiger partial charge < -0.3 is 24.3 Å². The summed E-state index contributed by atoms with van der Waals surface area (Å²) in [4.78, 5) is 6.78. The Bertz CT molecular complexity index is 1130. The third kappa shape index (κ3) is 4.58. The molecule has 1 aliphatic heterocycles. The van der Waals surface area contributed by atoms with Crippen molar-refractivity contribution in [3.8, 4) is 5.75 Å². The van der Waals surface area contributed by atoms with Crippen LogP contribution in [0.15, 0.2) is 48.7 Å². The number of benzene rings is 1. The fourth-order valence-corrected chi connectivity index (χ4v) is 5.13. The molecule has 0 saturated carbocycles. The summed E-state index contributed by atoms with van der Waals surface area (Å²) in [5.41, 5.74) is 5.51. The molecule has 1 saturated heterocycles. The fraction of sp³-hybridized carbons (Fsp3) is 0.360. The SMILES string of the molecule is CCn1c(C)cc([C@H]2[C@@H](c3ccccn3)NC(=S)N2c2ccc(OCCOC)c(Cl)c2)c1C. The molecule has 3 heterocycles. The summed E-state index contributed by atoms with van der Waals surface area (Å²) in [5, 5.41) is 4.68. The quantitative estimate of drug-likeness (QED) is 0.342. The molecule has 6 nitrogen and oxygen atoms in total. The van der Waals surface area contributed by atoms with Gasteiger partial charge in [0, 0.05) is 36.9 Å². The van der Waals surface area contributed by atoms with Crippen LogP contribution in [0.25, 0.3) is 0 Å². The minimum absolute atomic E-state index is 0.0739. The summed E-state index contributed by atoms with van der Waals surface area (Å²) in [7, 11) is 1.64. The number of aromatic nitrogens is 2. The van der Waals surface area contributed by atoms with Gasteiger partial charge in [0.25, 0.3) is 0 Å². The average Bonchev–Trinajstić information content (AvgIpc) is 3.30. The number of hydrogen-bond donors (Lipinski definition) is 1. The molecule has 3 aromatic rings. The maximum Gasteiger partial charge on any atom is 0.174 e. The van der Waals surface area contributed by atoms with Crippen LogP contribution in [-0.2, 0) is 11.3 Å². The van der Waals surface area contributed by atoms with E-state index in [-0.39, 0.29) is 12.1 Å². The molecule has 2 atom stereocenters. The Balaban J connectivity index is 1.77. The van der Waals surface area contributed by atoms with E-state index in [2.05, 4.69) is 46.6 Å². The maximum absolute atomic E-state index is 6.59. The highest BCUT2D eigenvalue weighted by Crippen LogP contribution is 2.44. The van der Waals surface area contributed by atoms with E-state index in [1.54, 1.807) is 7.11 Å². The van der Waals surface area contributed by atoms with Crippen molar-refractivity contribution in [3.63, 3.8) is 0 Å². The van der Waals surface area contributed by atoms with E-state index in [0.29, 0.717) is 29.1 Å². The Hall–Kier alpha value is -2.61. The lowest BCUT2D eigenvalue weighted by Gasteiger charge is -2.28. The lowest BCUT2D eigenvalue weighted by molar-refractivity contribution is 0.146. The Morgan fingerprint density at radius 2 is 1.97 bits per heavy atom. The van der Waals surface area contributed by atoms with Crippen molar-refractivity contribution >= 4 is 34.6 Å². The molecule has 0 unspecified atom stereocenters. The molecule has 33 heavy (non-hydrogen) atoms. The number of rotatable bonds is 8. The van der Waals surface area contributed by atoms with Crippen molar-refractivity contribution in [2.24, 2.45) is 0 Å². The van der Waals surface area contributed by atoms with Gasteiger partial charge in [0.1, 0.15) is 12.4 Å².